The second kappa shape index (κ2) is 6.08. The van der Waals surface area contributed by atoms with Crippen LogP contribution in [0.1, 0.15) is 6.92 Å². The number of hydrogen-bond donors (Lipinski definition) is 1. The topological polar surface area (TPSA) is 41.6 Å². The molecule has 1 aromatic carbocycles. The molecule has 0 bridgehead atoms. The lowest BCUT2D eigenvalue weighted by Gasteiger charge is -2.31. The van der Waals surface area contributed by atoms with Crippen molar-refractivity contribution in [3.8, 4) is 0 Å². The van der Waals surface area contributed by atoms with Crippen molar-refractivity contribution in [3.05, 3.63) is 29.8 Å². The van der Waals surface area contributed by atoms with E-state index >= 15 is 0 Å². The van der Waals surface area contributed by atoms with Gasteiger partial charge < -0.3 is 10.1 Å². The summed E-state index contributed by atoms with van der Waals surface area (Å²) in [6.07, 6.45) is 0. The predicted molar refractivity (Wildman–Crippen MR) is 66.8 cm³/mol. The van der Waals surface area contributed by atoms with Gasteiger partial charge in [0.25, 0.3) is 0 Å². The summed E-state index contributed by atoms with van der Waals surface area (Å²) in [5, 5.41) is 2.47. The largest absolute Gasteiger partial charge is 0.379 e. The van der Waals surface area contributed by atoms with Crippen LogP contribution in [0.2, 0.25) is 0 Å². The normalized spacial score (nSPS) is 18.1. The molecule has 1 amide bonds. The highest BCUT2D eigenvalue weighted by atomic mass is 19.1. The van der Waals surface area contributed by atoms with Gasteiger partial charge in [-0.25, -0.2) is 8.78 Å². The molecule has 0 saturated carbocycles. The van der Waals surface area contributed by atoms with Crippen LogP contribution in [0.3, 0.4) is 0 Å². The van der Waals surface area contributed by atoms with E-state index in [1.165, 1.54) is 6.07 Å². The van der Waals surface area contributed by atoms with Crippen molar-refractivity contribution >= 4 is 11.6 Å². The Bertz CT molecular complexity index is 462. The molecular formula is C13H16F2N2O2. The summed E-state index contributed by atoms with van der Waals surface area (Å²) >= 11 is 0. The Hall–Kier alpha value is -1.53. The second-order valence-electron chi connectivity index (χ2n) is 4.44. The Balaban J connectivity index is 1.99. The Morgan fingerprint density at radius 3 is 2.68 bits per heavy atom. The number of rotatable bonds is 3. The average Bonchev–Trinajstić information content (AvgIpc) is 2.42. The number of nitrogens with one attached hydrogen (secondary N) is 1. The zero-order valence-corrected chi connectivity index (χ0v) is 10.7. The van der Waals surface area contributed by atoms with E-state index in [2.05, 4.69) is 5.32 Å². The second-order valence-corrected chi connectivity index (χ2v) is 4.44. The Kier molecular flexibility index (Phi) is 4.44. The fourth-order valence-corrected chi connectivity index (χ4v) is 1.96. The first-order chi connectivity index (χ1) is 9.08. The molecule has 1 N–H and O–H groups in total. The number of morpholine rings is 1. The van der Waals surface area contributed by atoms with Crippen LogP contribution in [0, 0.1) is 11.6 Å². The van der Waals surface area contributed by atoms with Crippen molar-refractivity contribution in [2.75, 3.05) is 31.6 Å². The van der Waals surface area contributed by atoms with Crippen molar-refractivity contribution in [3.63, 3.8) is 0 Å². The van der Waals surface area contributed by atoms with Crippen LogP contribution in [0.4, 0.5) is 14.5 Å². The maximum absolute atomic E-state index is 13.4. The van der Waals surface area contributed by atoms with E-state index < -0.39 is 11.6 Å². The number of hydrogen-bond acceptors (Lipinski definition) is 3. The first kappa shape index (κ1) is 13.9. The Morgan fingerprint density at radius 2 is 2.05 bits per heavy atom. The minimum Gasteiger partial charge on any atom is -0.379 e. The number of amides is 1. The molecule has 4 nitrogen and oxygen atoms in total. The van der Waals surface area contributed by atoms with Gasteiger partial charge in [0.05, 0.1) is 24.9 Å². The van der Waals surface area contributed by atoms with E-state index in [-0.39, 0.29) is 17.6 Å². The van der Waals surface area contributed by atoms with Crippen molar-refractivity contribution in [2.24, 2.45) is 0 Å². The molecule has 0 radical (unpaired) electrons. The summed E-state index contributed by atoms with van der Waals surface area (Å²) in [5.74, 6) is -1.76. The van der Waals surface area contributed by atoms with Crippen LogP contribution in [-0.2, 0) is 9.53 Å². The molecule has 0 spiro atoms. The molecule has 1 aliphatic heterocycles. The van der Waals surface area contributed by atoms with E-state index in [0.29, 0.717) is 26.3 Å². The third kappa shape index (κ3) is 3.48. The van der Waals surface area contributed by atoms with Crippen LogP contribution in [-0.4, -0.2) is 43.2 Å². The summed E-state index contributed by atoms with van der Waals surface area (Å²) in [6, 6.07) is 2.69. The maximum Gasteiger partial charge on any atom is 0.241 e. The number of nitrogens with zero attached hydrogens (tertiary/aromatic N) is 1. The lowest BCUT2D eigenvalue weighted by molar-refractivity contribution is -0.122. The van der Waals surface area contributed by atoms with Crippen molar-refractivity contribution in [1.29, 1.82) is 0 Å². The third-order valence-electron chi connectivity index (χ3n) is 3.16. The molecular weight excluding hydrogens is 254 g/mol. The SMILES string of the molecule is C[C@@H](C(=O)Nc1ccc(F)cc1F)N1CCOCC1. The first-order valence-corrected chi connectivity index (χ1v) is 6.15. The highest BCUT2D eigenvalue weighted by molar-refractivity contribution is 5.94. The van der Waals surface area contributed by atoms with Gasteiger partial charge >= 0.3 is 0 Å². The van der Waals surface area contributed by atoms with Gasteiger partial charge in [-0.05, 0) is 19.1 Å². The molecule has 6 heteroatoms. The maximum atomic E-state index is 13.4. The molecule has 1 aromatic rings. The average molecular weight is 270 g/mol. The van der Waals surface area contributed by atoms with Gasteiger partial charge in [-0.1, -0.05) is 0 Å². The fourth-order valence-electron chi connectivity index (χ4n) is 1.96. The minimum absolute atomic E-state index is 0.00786. The smallest absolute Gasteiger partial charge is 0.241 e. The zero-order valence-electron chi connectivity index (χ0n) is 10.7. The lowest BCUT2D eigenvalue weighted by Crippen LogP contribution is -2.47. The van der Waals surface area contributed by atoms with Crippen LogP contribution in [0.5, 0.6) is 0 Å². The molecule has 1 saturated heterocycles. The van der Waals surface area contributed by atoms with Crippen LogP contribution in [0.15, 0.2) is 18.2 Å². The summed E-state index contributed by atoms with van der Waals surface area (Å²) in [4.78, 5) is 14.0. The molecule has 2 rings (SSSR count). The number of benzene rings is 1. The number of ether oxygens (including phenoxy) is 1. The summed E-state index contributed by atoms with van der Waals surface area (Å²) in [5.41, 5.74) is -0.00786. The van der Waals surface area contributed by atoms with Gasteiger partial charge in [0.1, 0.15) is 11.6 Å². The van der Waals surface area contributed by atoms with E-state index in [1.807, 2.05) is 4.90 Å². The van der Waals surface area contributed by atoms with Gasteiger partial charge in [0.15, 0.2) is 0 Å². The van der Waals surface area contributed by atoms with Crippen LogP contribution >= 0.6 is 0 Å². The highest BCUT2D eigenvalue weighted by Gasteiger charge is 2.23. The number of carbonyl (C=O) groups is 1. The molecule has 1 fully saturated rings. The molecule has 0 aliphatic carbocycles. The minimum atomic E-state index is -0.775. The summed E-state index contributed by atoms with van der Waals surface area (Å²) < 4.78 is 31.4. The molecule has 0 unspecified atom stereocenters. The van der Waals surface area contributed by atoms with Crippen molar-refractivity contribution in [2.45, 2.75) is 13.0 Å². The fraction of sp³-hybridized carbons (Fsp3) is 0.462. The first-order valence-electron chi connectivity index (χ1n) is 6.15. The molecule has 1 atom stereocenters. The standard InChI is InChI=1S/C13H16F2N2O2/c1-9(17-4-6-19-7-5-17)13(18)16-12-3-2-10(14)8-11(12)15/h2-3,8-9H,4-7H2,1H3,(H,16,18)/t9-/m0/s1. The summed E-state index contributed by atoms with van der Waals surface area (Å²) in [7, 11) is 0. The Labute approximate surface area is 110 Å². The third-order valence-corrected chi connectivity index (χ3v) is 3.16. The number of carbonyl (C=O) groups excluding carboxylic acids is 1. The quantitative estimate of drug-likeness (QED) is 0.907. The van der Waals surface area contributed by atoms with Crippen molar-refractivity contribution < 1.29 is 18.3 Å². The van der Waals surface area contributed by atoms with E-state index in [0.717, 1.165) is 12.1 Å². The monoisotopic (exact) mass is 270 g/mol. The van der Waals surface area contributed by atoms with E-state index in [1.54, 1.807) is 6.92 Å². The van der Waals surface area contributed by atoms with Crippen molar-refractivity contribution in [1.82, 2.24) is 4.90 Å². The Morgan fingerprint density at radius 1 is 1.37 bits per heavy atom. The van der Waals surface area contributed by atoms with Gasteiger partial charge in [0, 0.05) is 19.2 Å². The molecule has 1 heterocycles. The predicted octanol–water partition coefficient (Wildman–Crippen LogP) is 1.62. The zero-order chi connectivity index (χ0) is 13.8. The van der Waals surface area contributed by atoms with Crippen LogP contribution < -0.4 is 5.32 Å². The molecule has 1 aliphatic rings. The van der Waals surface area contributed by atoms with Gasteiger partial charge in [-0.15, -0.1) is 0 Å². The number of halogens is 2. The van der Waals surface area contributed by atoms with Crippen LogP contribution in [0.25, 0.3) is 0 Å². The summed E-state index contributed by atoms with van der Waals surface area (Å²) in [6.45, 7) is 4.26. The number of anilines is 1. The van der Waals surface area contributed by atoms with Gasteiger partial charge in [0.2, 0.25) is 5.91 Å². The van der Waals surface area contributed by atoms with Gasteiger partial charge in [-0.3, -0.25) is 9.69 Å². The molecule has 104 valence electrons. The lowest BCUT2D eigenvalue weighted by atomic mass is 10.2. The van der Waals surface area contributed by atoms with E-state index in [9.17, 15) is 13.6 Å². The molecule has 0 aromatic heterocycles. The van der Waals surface area contributed by atoms with Gasteiger partial charge in [-0.2, -0.15) is 0 Å². The van der Waals surface area contributed by atoms with E-state index in [4.69, 9.17) is 4.74 Å². The molecule has 19 heavy (non-hydrogen) atoms. The highest BCUT2D eigenvalue weighted by Crippen LogP contribution is 2.16.